The highest BCUT2D eigenvalue weighted by atomic mass is 16.5. The van der Waals surface area contributed by atoms with Gasteiger partial charge in [-0.25, -0.2) is 4.98 Å². The lowest BCUT2D eigenvalue weighted by Crippen LogP contribution is -2.55. The lowest BCUT2D eigenvalue weighted by molar-refractivity contribution is 0.166. The molecule has 0 spiro atoms. The topological polar surface area (TPSA) is 54.7 Å². The van der Waals surface area contributed by atoms with Crippen molar-refractivity contribution in [3.05, 3.63) is 66.0 Å². The first kappa shape index (κ1) is 16.8. The van der Waals surface area contributed by atoms with Crippen LogP contribution in [0.15, 0.2) is 54.7 Å². The molecule has 1 N–H and O–H groups in total. The fourth-order valence-electron chi connectivity index (χ4n) is 4.46. The maximum absolute atomic E-state index is 6.27. The SMILES string of the molecule is c1ccc2cc(OC3CN(c4c5c(nc6ccnn46)CCNCC5)C3)ccc2c1. The van der Waals surface area contributed by atoms with Gasteiger partial charge in [0.05, 0.1) is 25.0 Å². The molecule has 4 heterocycles. The Morgan fingerprint density at radius 1 is 0.966 bits per heavy atom. The smallest absolute Gasteiger partial charge is 0.157 e. The highest BCUT2D eigenvalue weighted by Gasteiger charge is 2.33. The van der Waals surface area contributed by atoms with Crippen molar-refractivity contribution in [1.82, 2.24) is 19.9 Å². The van der Waals surface area contributed by atoms with Gasteiger partial charge in [-0.2, -0.15) is 9.61 Å². The van der Waals surface area contributed by atoms with E-state index in [2.05, 4.69) is 57.8 Å². The highest BCUT2D eigenvalue weighted by molar-refractivity contribution is 5.83. The second kappa shape index (κ2) is 6.74. The lowest BCUT2D eigenvalue weighted by atomic mass is 10.1. The average Bonchev–Trinajstić information content (AvgIpc) is 3.06. The van der Waals surface area contributed by atoms with Crippen LogP contribution in [0.4, 0.5) is 5.82 Å². The molecule has 0 aliphatic carbocycles. The molecule has 1 saturated heterocycles. The van der Waals surface area contributed by atoms with Crippen molar-refractivity contribution < 1.29 is 4.74 Å². The average molecular weight is 385 g/mol. The molecule has 0 bridgehead atoms. The van der Waals surface area contributed by atoms with E-state index in [4.69, 9.17) is 9.72 Å². The third-order valence-corrected chi connectivity index (χ3v) is 5.95. The van der Waals surface area contributed by atoms with Crippen LogP contribution >= 0.6 is 0 Å². The summed E-state index contributed by atoms with van der Waals surface area (Å²) in [4.78, 5) is 7.24. The van der Waals surface area contributed by atoms with Gasteiger partial charge in [0.25, 0.3) is 0 Å². The van der Waals surface area contributed by atoms with Crippen LogP contribution in [-0.2, 0) is 12.8 Å². The minimum Gasteiger partial charge on any atom is -0.487 e. The van der Waals surface area contributed by atoms with Gasteiger partial charge in [-0.3, -0.25) is 0 Å². The minimum absolute atomic E-state index is 0.189. The molecule has 1 fully saturated rings. The van der Waals surface area contributed by atoms with E-state index >= 15 is 0 Å². The molecule has 0 saturated carbocycles. The van der Waals surface area contributed by atoms with Gasteiger partial charge in [0.1, 0.15) is 17.7 Å². The van der Waals surface area contributed by atoms with E-state index in [0.717, 1.165) is 50.4 Å². The number of benzene rings is 2. The first-order valence-electron chi connectivity index (χ1n) is 10.3. The highest BCUT2D eigenvalue weighted by Crippen LogP contribution is 2.31. The number of hydrogen-bond donors (Lipinski definition) is 1. The first-order chi connectivity index (χ1) is 14.3. The van der Waals surface area contributed by atoms with Crippen LogP contribution in [0, 0.1) is 0 Å². The predicted octanol–water partition coefficient (Wildman–Crippen LogP) is 2.84. The van der Waals surface area contributed by atoms with Gasteiger partial charge >= 0.3 is 0 Å². The number of nitrogens with one attached hydrogen (secondary N) is 1. The number of nitrogens with zero attached hydrogens (tertiary/aromatic N) is 4. The standard InChI is InChI=1S/C23H23N5O/c1-2-4-17-13-18(6-5-16(17)3-1)29-19-14-27(15-19)23-20-7-10-24-11-8-21(20)26-22-9-12-25-28(22)23/h1-6,9,12-13,19,24H,7-8,10-11,14-15H2. The van der Waals surface area contributed by atoms with Crippen molar-refractivity contribution in [3.63, 3.8) is 0 Å². The fraction of sp³-hybridized carbons (Fsp3) is 0.304. The summed E-state index contributed by atoms with van der Waals surface area (Å²) in [5.41, 5.74) is 3.46. The number of rotatable bonds is 3. The molecule has 2 aliphatic rings. The summed E-state index contributed by atoms with van der Waals surface area (Å²) in [6.07, 6.45) is 3.98. The molecule has 4 aromatic rings. The van der Waals surface area contributed by atoms with Crippen molar-refractivity contribution in [2.45, 2.75) is 18.9 Å². The maximum atomic E-state index is 6.27. The Morgan fingerprint density at radius 3 is 2.76 bits per heavy atom. The maximum Gasteiger partial charge on any atom is 0.157 e. The van der Waals surface area contributed by atoms with Crippen LogP contribution in [0.1, 0.15) is 11.3 Å². The number of hydrogen-bond acceptors (Lipinski definition) is 5. The van der Waals surface area contributed by atoms with Crippen LogP contribution in [0.25, 0.3) is 16.4 Å². The van der Waals surface area contributed by atoms with Gasteiger partial charge in [0, 0.05) is 24.6 Å². The minimum atomic E-state index is 0.189. The molecular weight excluding hydrogens is 362 g/mol. The zero-order valence-electron chi connectivity index (χ0n) is 16.2. The van der Waals surface area contributed by atoms with E-state index in [0.29, 0.717) is 0 Å². The number of ether oxygens (including phenoxy) is 1. The van der Waals surface area contributed by atoms with Crippen molar-refractivity contribution in [1.29, 1.82) is 0 Å². The fourth-order valence-corrected chi connectivity index (χ4v) is 4.46. The molecule has 6 rings (SSSR count). The van der Waals surface area contributed by atoms with Gasteiger partial charge in [-0.15, -0.1) is 0 Å². The van der Waals surface area contributed by atoms with E-state index in [9.17, 15) is 0 Å². The van der Waals surface area contributed by atoms with Crippen LogP contribution in [0.3, 0.4) is 0 Å². The Bertz CT molecular complexity index is 1190. The van der Waals surface area contributed by atoms with Gasteiger partial charge < -0.3 is 15.0 Å². The molecule has 0 unspecified atom stereocenters. The Morgan fingerprint density at radius 2 is 1.83 bits per heavy atom. The normalized spacial score (nSPS) is 17.2. The van der Waals surface area contributed by atoms with Crippen molar-refractivity contribution in [2.24, 2.45) is 0 Å². The van der Waals surface area contributed by atoms with E-state index in [-0.39, 0.29) is 6.10 Å². The Balaban J connectivity index is 1.26. The molecule has 2 aromatic carbocycles. The first-order valence-corrected chi connectivity index (χ1v) is 10.3. The molecule has 2 aliphatic heterocycles. The van der Waals surface area contributed by atoms with Crippen LogP contribution < -0.4 is 15.0 Å². The summed E-state index contributed by atoms with van der Waals surface area (Å²) >= 11 is 0. The molecule has 2 aromatic heterocycles. The van der Waals surface area contributed by atoms with Gasteiger partial charge in [0.2, 0.25) is 0 Å². The summed E-state index contributed by atoms with van der Waals surface area (Å²) in [5.74, 6) is 2.13. The van der Waals surface area contributed by atoms with E-state index in [1.807, 2.05) is 16.8 Å². The van der Waals surface area contributed by atoms with Gasteiger partial charge in [0.15, 0.2) is 5.65 Å². The Kier molecular flexibility index (Phi) is 3.90. The number of aromatic nitrogens is 3. The van der Waals surface area contributed by atoms with Gasteiger partial charge in [-0.1, -0.05) is 30.3 Å². The van der Waals surface area contributed by atoms with Gasteiger partial charge in [-0.05, 0) is 35.9 Å². The molecule has 6 nitrogen and oxygen atoms in total. The summed E-state index contributed by atoms with van der Waals surface area (Å²) in [6, 6.07) is 16.7. The summed E-state index contributed by atoms with van der Waals surface area (Å²) in [7, 11) is 0. The molecule has 146 valence electrons. The van der Waals surface area contributed by atoms with Crippen molar-refractivity contribution in [3.8, 4) is 5.75 Å². The Hall–Kier alpha value is -3.12. The Labute approximate surface area is 169 Å². The third-order valence-electron chi connectivity index (χ3n) is 5.95. The van der Waals surface area contributed by atoms with Crippen LogP contribution in [0.2, 0.25) is 0 Å². The van der Waals surface area contributed by atoms with Crippen LogP contribution in [0.5, 0.6) is 5.75 Å². The summed E-state index contributed by atoms with van der Waals surface area (Å²) in [6.45, 7) is 3.70. The number of anilines is 1. The lowest BCUT2D eigenvalue weighted by Gasteiger charge is -2.41. The van der Waals surface area contributed by atoms with E-state index < -0.39 is 0 Å². The van der Waals surface area contributed by atoms with Crippen molar-refractivity contribution in [2.75, 3.05) is 31.1 Å². The quantitative estimate of drug-likeness (QED) is 0.588. The molecule has 0 radical (unpaired) electrons. The monoisotopic (exact) mass is 385 g/mol. The molecule has 29 heavy (non-hydrogen) atoms. The second-order valence-electron chi connectivity index (χ2n) is 7.87. The molecule has 6 heteroatoms. The molecule has 0 atom stereocenters. The second-order valence-corrected chi connectivity index (χ2v) is 7.87. The largest absolute Gasteiger partial charge is 0.487 e. The molecular formula is C23H23N5O. The van der Waals surface area contributed by atoms with E-state index in [1.165, 1.54) is 27.8 Å². The third kappa shape index (κ3) is 2.91. The zero-order chi connectivity index (χ0) is 19.2. The summed E-state index contributed by atoms with van der Waals surface area (Å²) < 4.78 is 8.27. The predicted molar refractivity (Wildman–Crippen MR) is 114 cm³/mol. The zero-order valence-corrected chi connectivity index (χ0v) is 16.2. The molecule has 0 amide bonds. The van der Waals surface area contributed by atoms with Crippen LogP contribution in [-0.4, -0.2) is 46.9 Å². The van der Waals surface area contributed by atoms with E-state index in [1.54, 1.807) is 0 Å². The number of fused-ring (bicyclic) bond motifs is 3. The van der Waals surface area contributed by atoms with Crippen molar-refractivity contribution >= 4 is 22.2 Å². The summed E-state index contributed by atoms with van der Waals surface area (Å²) in [5, 5.41) is 10.5.